The minimum Gasteiger partial charge on any atom is -0.491 e. The molecule has 0 amide bonds. The smallest absolute Gasteiger partial charge is 0.264 e. The van der Waals surface area contributed by atoms with Gasteiger partial charge >= 0.3 is 0 Å². The van der Waals surface area contributed by atoms with E-state index in [9.17, 15) is 8.42 Å². The normalized spacial score (nSPS) is 17.2. The average Bonchev–Trinajstić information content (AvgIpc) is 3.40. The summed E-state index contributed by atoms with van der Waals surface area (Å²) in [6.45, 7) is 9.00. The Morgan fingerprint density at radius 3 is 2.69 bits per heavy atom. The highest BCUT2D eigenvalue weighted by Gasteiger charge is 2.37. The fourth-order valence-corrected chi connectivity index (χ4v) is 5.04. The highest BCUT2D eigenvalue weighted by molar-refractivity contribution is 7.85. The van der Waals surface area contributed by atoms with Gasteiger partial charge in [-0.2, -0.15) is 13.5 Å². The standard InChI is InChI=1S/C25H33N5O5S/c1-16(2)30-24(26-17(3)28-30)21-14-29-10-11-33-22-12-19(8-9-20(22)23(29)27-21)35-25(4,13-18-6-7-18)15-34-36(5,31)32/h8-9,12,14,16,18H,6-7,10-11,13,15H2,1-5H3. The Labute approximate surface area is 211 Å². The van der Waals surface area contributed by atoms with E-state index in [1.165, 1.54) is 0 Å². The lowest BCUT2D eigenvalue weighted by Crippen LogP contribution is -2.39. The number of hydrogen-bond acceptors (Lipinski definition) is 8. The topological polar surface area (TPSA) is 110 Å². The number of ether oxygens (including phenoxy) is 2. The molecule has 5 rings (SSSR count). The number of rotatable bonds is 9. The van der Waals surface area contributed by atoms with E-state index in [0.717, 1.165) is 48.4 Å². The van der Waals surface area contributed by atoms with Gasteiger partial charge in [0.1, 0.15) is 47.7 Å². The molecule has 0 saturated heterocycles. The highest BCUT2D eigenvalue weighted by atomic mass is 32.2. The fourth-order valence-electron chi connectivity index (χ4n) is 4.58. The summed E-state index contributed by atoms with van der Waals surface area (Å²) in [6, 6.07) is 5.82. The molecule has 1 aliphatic carbocycles. The Morgan fingerprint density at radius 2 is 2.00 bits per heavy atom. The molecule has 2 aromatic heterocycles. The van der Waals surface area contributed by atoms with E-state index < -0.39 is 15.7 Å². The summed E-state index contributed by atoms with van der Waals surface area (Å²) in [6.07, 6.45) is 6.03. The van der Waals surface area contributed by atoms with Crippen molar-refractivity contribution in [1.29, 1.82) is 0 Å². The molecule has 3 aromatic rings. The van der Waals surface area contributed by atoms with Gasteiger partial charge < -0.3 is 14.0 Å². The summed E-state index contributed by atoms with van der Waals surface area (Å²) in [4.78, 5) is 9.53. The molecule has 3 heterocycles. The van der Waals surface area contributed by atoms with Gasteiger partial charge in [-0.3, -0.25) is 4.18 Å². The molecule has 36 heavy (non-hydrogen) atoms. The van der Waals surface area contributed by atoms with Gasteiger partial charge in [0.15, 0.2) is 5.82 Å². The molecule has 2 aliphatic rings. The van der Waals surface area contributed by atoms with E-state index in [4.69, 9.17) is 18.6 Å². The molecule has 0 radical (unpaired) electrons. The maximum Gasteiger partial charge on any atom is 0.264 e. The zero-order chi connectivity index (χ0) is 25.7. The van der Waals surface area contributed by atoms with Crippen LogP contribution in [0.15, 0.2) is 24.4 Å². The summed E-state index contributed by atoms with van der Waals surface area (Å²) < 4.78 is 44.8. The van der Waals surface area contributed by atoms with Crippen LogP contribution in [-0.4, -0.2) is 57.8 Å². The Kier molecular flexibility index (Phi) is 6.32. The van der Waals surface area contributed by atoms with Crippen LogP contribution in [0.4, 0.5) is 0 Å². The third-order valence-corrected chi connectivity index (χ3v) is 6.92. The molecule has 0 bridgehead atoms. The van der Waals surface area contributed by atoms with Crippen LogP contribution < -0.4 is 9.47 Å². The lowest BCUT2D eigenvalue weighted by molar-refractivity contribution is 0.0256. The minimum atomic E-state index is -3.57. The van der Waals surface area contributed by atoms with Gasteiger partial charge in [-0.15, -0.1) is 0 Å². The molecule has 1 saturated carbocycles. The summed E-state index contributed by atoms with van der Waals surface area (Å²) in [7, 11) is -3.57. The number of nitrogens with zero attached hydrogens (tertiary/aromatic N) is 5. The first-order valence-corrected chi connectivity index (χ1v) is 14.1. The minimum absolute atomic E-state index is 0.0377. The van der Waals surface area contributed by atoms with Crippen LogP contribution in [-0.2, 0) is 20.8 Å². The van der Waals surface area contributed by atoms with Gasteiger partial charge in [-0.25, -0.2) is 14.6 Å². The van der Waals surface area contributed by atoms with Crippen molar-refractivity contribution in [3.63, 3.8) is 0 Å². The van der Waals surface area contributed by atoms with Crippen molar-refractivity contribution in [1.82, 2.24) is 24.3 Å². The Bertz CT molecular complexity index is 1380. The van der Waals surface area contributed by atoms with Crippen LogP contribution >= 0.6 is 0 Å². The van der Waals surface area contributed by atoms with E-state index in [1.54, 1.807) is 0 Å². The van der Waals surface area contributed by atoms with Gasteiger partial charge in [0, 0.05) is 18.3 Å². The van der Waals surface area contributed by atoms with Crippen molar-refractivity contribution in [3.05, 3.63) is 30.2 Å². The van der Waals surface area contributed by atoms with Gasteiger partial charge in [0.2, 0.25) is 0 Å². The van der Waals surface area contributed by atoms with E-state index in [2.05, 4.69) is 28.5 Å². The number of benzene rings is 1. The average molecular weight is 516 g/mol. The molecule has 194 valence electrons. The third-order valence-electron chi connectivity index (χ3n) is 6.38. The van der Waals surface area contributed by atoms with Gasteiger partial charge in [0.25, 0.3) is 10.1 Å². The molecular formula is C25H33N5O5S. The second-order valence-corrected chi connectivity index (χ2v) is 12.0. The van der Waals surface area contributed by atoms with E-state index >= 15 is 0 Å². The molecular weight excluding hydrogens is 482 g/mol. The monoisotopic (exact) mass is 515 g/mol. The number of aryl methyl sites for hydroxylation is 1. The maximum atomic E-state index is 11.6. The quantitative estimate of drug-likeness (QED) is 0.393. The molecule has 1 fully saturated rings. The number of imidazole rings is 1. The van der Waals surface area contributed by atoms with Gasteiger partial charge in [-0.1, -0.05) is 12.8 Å². The van der Waals surface area contributed by atoms with Crippen molar-refractivity contribution in [2.45, 2.75) is 65.1 Å². The van der Waals surface area contributed by atoms with Crippen LogP contribution in [0, 0.1) is 12.8 Å². The third kappa shape index (κ3) is 5.41. The van der Waals surface area contributed by atoms with Crippen molar-refractivity contribution in [2.75, 3.05) is 19.5 Å². The van der Waals surface area contributed by atoms with Crippen LogP contribution in [0.2, 0.25) is 0 Å². The molecule has 1 aliphatic heterocycles. The van der Waals surface area contributed by atoms with Crippen molar-refractivity contribution in [2.24, 2.45) is 5.92 Å². The van der Waals surface area contributed by atoms with Crippen molar-refractivity contribution >= 4 is 10.1 Å². The number of fused-ring (bicyclic) bond motifs is 3. The largest absolute Gasteiger partial charge is 0.491 e. The van der Waals surface area contributed by atoms with E-state index in [0.29, 0.717) is 36.4 Å². The zero-order valence-corrected chi connectivity index (χ0v) is 22.2. The van der Waals surface area contributed by atoms with Gasteiger partial charge in [-0.05, 0) is 52.2 Å². The molecule has 1 atom stereocenters. The molecule has 11 heteroatoms. The predicted octanol–water partition coefficient (Wildman–Crippen LogP) is 4.00. The predicted molar refractivity (Wildman–Crippen MR) is 134 cm³/mol. The summed E-state index contributed by atoms with van der Waals surface area (Å²) in [5.41, 5.74) is 0.852. The first-order chi connectivity index (χ1) is 17.0. The molecule has 0 N–H and O–H groups in total. The fraction of sp³-hybridized carbons (Fsp3) is 0.560. The van der Waals surface area contributed by atoms with E-state index in [1.807, 2.05) is 42.9 Å². The SMILES string of the molecule is Cc1nc(-c2cn3c(n2)-c2ccc(OC(C)(COS(C)(=O)=O)CC4CC4)cc2OCC3)n(C(C)C)n1. The summed E-state index contributed by atoms with van der Waals surface area (Å²) in [5.74, 6) is 4.04. The van der Waals surface area contributed by atoms with Crippen LogP contribution in [0.3, 0.4) is 0 Å². The first kappa shape index (κ1) is 24.8. The molecule has 10 nitrogen and oxygen atoms in total. The van der Waals surface area contributed by atoms with Crippen molar-refractivity contribution in [3.8, 4) is 34.4 Å². The molecule has 0 spiro atoms. The number of hydrogen-bond donors (Lipinski definition) is 0. The van der Waals surface area contributed by atoms with Crippen LogP contribution in [0.1, 0.15) is 51.9 Å². The lowest BCUT2D eigenvalue weighted by Gasteiger charge is -2.30. The Morgan fingerprint density at radius 1 is 1.22 bits per heavy atom. The highest BCUT2D eigenvalue weighted by Crippen LogP contribution is 2.41. The van der Waals surface area contributed by atoms with Gasteiger partial charge in [0.05, 0.1) is 18.4 Å². The second-order valence-electron chi connectivity index (χ2n) is 10.3. The molecule has 1 unspecified atom stereocenters. The first-order valence-electron chi connectivity index (χ1n) is 12.3. The van der Waals surface area contributed by atoms with Crippen LogP contribution in [0.25, 0.3) is 22.9 Å². The Balaban J connectivity index is 1.44. The van der Waals surface area contributed by atoms with Crippen LogP contribution in [0.5, 0.6) is 11.5 Å². The van der Waals surface area contributed by atoms with Crippen molar-refractivity contribution < 1.29 is 22.1 Å². The zero-order valence-electron chi connectivity index (χ0n) is 21.4. The number of aromatic nitrogens is 5. The lowest BCUT2D eigenvalue weighted by atomic mass is 9.99. The van der Waals surface area contributed by atoms with E-state index in [-0.39, 0.29) is 12.6 Å². The summed E-state index contributed by atoms with van der Waals surface area (Å²) in [5, 5.41) is 4.52. The molecule has 1 aromatic carbocycles. The summed E-state index contributed by atoms with van der Waals surface area (Å²) >= 11 is 0. The maximum absolute atomic E-state index is 11.6. The second kappa shape index (κ2) is 9.19. The Hall–Kier alpha value is -2.92.